The molecule has 4 nitrogen and oxygen atoms in total. The molecule has 0 aromatic heterocycles. The molecule has 0 amide bonds. The first-order valence-electron chi connectivity index (χ1n) is 13.0. The quantitative estimate of drug-likeness (QED) is 0.211. The van der Waals surface area contributed by atoms with Crippen LogP contribution in [0.25, 0.3) is 11.1 Å². The molecule has 0 saturated carbocycles. The van der Waals surface area contributed by atoms with Crippen LogP contribution in [0.15, 0.2) is 79.6 Å². The Balaban J connectivity index is 1.65. The Morgan fingerprint density at radius 1 is 1.11 bits per heavy atom. The van der Waals surface area contributed by atoms with Crippen LogP contribution in [-0.4, -0.2) is 17.3 Å². The van der Waals surface area contributed by atoms with E-state index in [0.717, 1.165) is 24.2 Å². The Bertz CT molecular complexity index is 1340. The highest BCUT2D eigenvalue weighted by molar-refractivity contribution is 5.70. The van der Waals surface area contributed by atoms with E-state index in [4.69, 9.17) is 9.47 Å². The van der Waals surface area contributed by atoms with E-state index in [1.807, 2.05) is 45.0 Å². The van der Waals surface area contributed by atoms with E-state index in [0.29, 0.717) is 22.4 Å². The molecule has 0 fully saturated rings. The van der Waals surface area contributed by atoms with Gasteiger partial charge in [0.1, 0.15) is 23.9 Å². The van der Waals surface area contributed by atoms with E-state index in [2.05, 4.69) is 25.3 Å². The number of aliphatic hydroxyl groups is 2. The first-order chi connectivity index (χ1) is 18.1. The Kier molecular flexibility index (Phi) is 7.98. The zero-order valence-corrected chi connectivity index (χ0v) is 22.6. The highest BCUT2D eigenvalue weighted by Gasteiger charge is 2.30. The second-order valence-corrected chi connectivity index (χ2v) is 10.8. The van der Waals surface area contributed by atoms with Gasteiger partial charge in [0.2, 0.25) is 0 Å². The number of hydrogen-bond acceptors (Lipinski definition) is 4. The summed E-state index contributed by atoms with van der Waals surface area (Å²) in [6.07, 6.45) is 2.73. The SMILES string of the molecule is C=CC(C)(C)[C@H](O)c1cc(COc2ccc3c(c2)C([C@H](C)C(=C)O)CC3)ccc1-c1cc(OC)ccc1F. The molecule has 1 unspecified atom stereocenters. The van der Waals surface area contributed by atoms with Gasteiger partial charge in [-0.1, -0.05) is 51.6 Å². The van der Waals surface area contributed by atoms with Gasteiger partial charge in [-0.15, -0.1) is 6.58 Å². The van der Waals surface area contributed by atoms with Crippen molar-refractivity contribution in [1.82, 2.24) is 0 Å². The minimum atomic E-state index is -0.922. The molecule has 1 aliphatic rings. The predicted octanol–water partition coefficient (Wildman–Crippen LogP) is 8.06. The lowest BCUT2D eigenvalue weighted by molar-refractivity contribution is 0.0825. The number of methoxy groups -OCH3 is 1. The smallest absolute Gasteiger partial charge is 0.131 e. The standard InChI is InChI=1S/C33H37FO4/c1-7-33(4,5)32(36)30-16-22(8-13-27(30)29-17-24(37-6)12-15-31(29)34)19-38-25-11-9-23-10-14-26(28(23)18-25)20(2)21(3)35/h7-9,11-13,15-18,20,26,32,35-36H,1,3,10,14,19H2,2,4-6H3/t20-,26?,32-/m1/s1. The van der Waals surface area contributed by atoms with Gasteiger partial charge in [-0.05, 0) is 83.0 Å². The Labute approximate surface area is 225 Å². The van der Waals surface area contributed by atoms with Gasteiger partial charge in [0.05, 0.1) is 19.0 Å². The molecule has 0 bridgehead atoms. The highest BCUT2D eigenvalue weighted by Crippen LogP contribution is 2.43. The lowest BCUT2D eigenvalue weighted by atomic mass is 9.79. The molecule has 5 heteroatoms. The summed E-state index contributed by atoms with van der Waals surface area (Å²) >= 11 is 0. The monoisotopic (exact) mass is 516 g/mol. The van der Waals surface area contributed by atoms with Crippen molar-refractivity contribution in [2.75, 3.05) is 7.11 Å². The lowest BCUT2D eigenvalue weighted by Gasteiger charge is -2.29. The average Bonchev–Trinajstić information content (AvgIpc) is 3.34. The van der Waals surface area contributed by atoms with E-state index in [-0.39, 0.29) is 24.2 Å². The summed E-state index contributed by atoms with van der Waals surface area (Å²) in [5.74, 6) is 1.27. The van der Waals surface area contributed by atoms with E-state index < -0.39 is 17.3 Å². The van der Waals surface area contributed by atoms with Crippen LogP contribution >= 0.6 is 0 Å². The van der Waals surface area contributed by atoms with Crippen LogP contribution in [0.3, 0.4) is 0 Å². The van der Waals surface area contributed by atoms with Crippen molar-refractivity contribution in [3.8, 4) is 22.6 Å². The van der Waals surface area contributed by atoms with Crippen LogP contribution < -0.4 is 9.47 Å². The van der Waals surface area contributed by atoms with Crippen LogP contribution in [0.4, 0.5) is 4.39 Å². The zero-order chi connectivity index (χ0) is 27.6. The van der Waals surface area contributed by atoms with Gasteiger partial charge in [-0.2, -0.15) is 0 Å². The molecule has 0 saturated heterocycles. The summed E-state index contributed by atoms with van der Waals surface area (Å²) in [7, 11) is 1.54. The fourth-order valence-electron chi connectivity index (χ4n) is 5.14. The molecule has 0 radical (unpaired) electrons. The summed E-state index contributed by atoms with van der Waals surface area (Å²) in [6.45, 7) is 13.7. The second-order valence-electron chi connectivity index (χ2n) is 10.8. The number of aliphatic hydroxyl groups excluding tert-OH is 2. The third kappa shape index (κ3) is 5.48. The Hall–Kier alpha value is -3.57. The first-order valence-corrected chi connectivity index (χ1v) is 13.0. The number of hydrogen-bond donors (Lipinski definition) is 2. The largest absolute Gasteiger partial charge is 0.513 e. The molecule has 1 aliphatic carbocycles. The molecule has 0 spiro atoms. The summed E-state index contributed by atoms with van der Waals surface area (Å²) in [4.78, 5) is 0. The second kappa shape index (κ2) is 11.0. The van der Waals surface area contributed by atoms with Crippen molar-refractivity contribution in [3.05, 3.63) is 108 Å². The summed E-state index contributed by atoms with van der Waals surface area (Å²) < 4.78 is 26.4. The third-order valence-electron chi connectivity index (χ3n) is 7.88. The number of allylic oxidation sites excluding steroid dienone is 1. The topological polar surface area (TPSA) is 58.9 Å². The van der Waals surface area contributed by atoms with Gasteiger partial charge in [0, 0.05) is 16.9 Å². The number of aryl methyl sites for hydroxylation is 1. The van der Waals surface area contributed by atoms with Gasteiger partial charge in [-0.3, -0.25) is 0 Å². The maximum atomic E-state index is 14.9. The zero-order valence-electron chi connectivity index (χ0n) is 22.6. The van der Waals surface area contributed by atoms with E-state index in [1.54, 1.807) is 18.2 Å². The maximum absolute atomic E-state index is 14.9. The van der Waals surface area contributed by atoms with Crippen molar-refractivity contribution >= 4 is 0 Å². The van der Waals surface area contributed by atoms with Crippen LogP contribution in [-0.2, 0) is 13.0 Å². The van der Waals surface area contributed by atoms with Crippen molar-refractivity contribution in [2.24, 2.45) is 11.3 Å². The van der Waals surface area contributed by atoms with Gasteiger partial charge in [0.15, 0.2) is 0 Å². The van der Waals surface area contributed by atoms with Gasteiger partial charge in [0.25, 0.3) is 0 Å². The summed E-state index contributed by atoms with van der Waals surface area (Å²) in [5.41, 5.74) is 4.20. The van der Waals surface area contributed by atoms with Gasteiger partial charge < -0.3 is 19.7 Å². The minimum absolute atomic E-state index is 0.0201. The molecule has 0 aliphatic heterocycles. The molecule has 200 valence electrons. The van der Waals surface area contributed by atoms with Crippen molar-refractivity contribution in [1.29, 1.82) is 0 Å². The first kappa shape index (κ1) is 27.5. The van der Waals surface area contributed by atoms with Gasteiger partial charge in [-0.25, -0.2) is 4.39 Å². The maximum Gasteiger partial charge on any atom is 0.131 e. The van der Waals surface area contributed by atoms with E-state index in [9.17, 15) is 14.6 Å². The fourth-order valence-corrected chi connectivity index (χ4v) is 5.14. The highest BCUT2D eigenvalue weighted by atomic mass is 19.1. The van der Waals surface area contributed by atoms with E-state index in [1.165, 1.54) is 24.3 Å². The molecule has 3 aromatic carbocycles. The number of rotatable bonds is 10. The molecule has 0 heterocycles. The van der Waals surface area contributed by atoms with Crippen LogP contribution in [0.1, 0.15) is 61.5 Å². The molecule has 2 N–H and O–H groups in total. The minimum Gasteiger partial charge on any atom is -0.513 e. The summed E-state index contributed by atoms with van der Waals surface area (Å²) in [6, 6.07) is 16.3. The van der Waals surface area contributed by atoms with Crippen molar-refractivity contribution in [2.45, 2.75) is 52.2 Å². The predicted molar refractivity (Wildman–Crippen MR) is 150 cm³/mol. The molecule has 4 rings (SSSR count). The molecule has 3 aromatic rings. The molecular formula is C33H37FO4. The average molecular weight is 517 g/mol. The Morgan fingerprint density at radius 3 is 2.53 bits per heavy atom. The molecule has 3 atom stereocenters. The number of fused-ring (bicyclic) bond motifs is 1. The molecular weight excluding hydrogens is 479 g/mol. The number of benzene rings is 3. The lowest BCUT2D eigenvalue weighted by Crippen LogP contribution is -2.20. The normalized spacial score (nSPS) is 16.4. The molecule has 38 heavy (non-hydrogen) atoms. The van der Waals surface area contributed by atoms with Crippen LogP contribution in [0, 0.1) is 17.2 Å². The van der Waals surface area contributed by atoms with E-state index >= 15 is 0 Å². The van der Waals surface area contributed by atoms with Crippen LogP contribution in [0.5, 0.6) is 11.5 Å². The van der Waals surface area contributed by atoms with Crippen LogP contribution in [0.2, 0.25) is 0 Å². The van der Waals surface area contributed by atoms with Crippen molar-refractivity contribution in [3.63, 3.8) is 0 Å². The van der Waals surface area contributed by atoms with Gasteiger partial charge >= 0.3 is 0 Å². The fraction of sp³-hybridized carbons (Fsp3) is 0.333. The number of ether oxygens (including phenoxy) is 2. The summed E-state index contributed by atoms with van der Waals surface area (Å²) in [5, 5.41) is 21.3. The third-order valence-corrected chi connectivity index (χ3v) is 7.88. The van der Waals surface area contributed by atoms with Crippen molar-refractivity contribution < 1.29 is 24.1 Å². The number of halogens is 1. The Morgan fingerprint density at radius 2 is 1.84 bits per heavy atom.